The molecule has 1 aliphatic rings. The SMILES string of the molecule is CC(N)C(c1ccncc1)N1CC(C(N)=O)CCC1C. The molecular weight excluding hydrogens is 252 g/mol. The van der Waals surface area contributed by atoms with Crippen LogP contribution < -0.4 is 11.5 Å². The van der Waals surface area contributed by atoms with E-state index in [1.54, 1.807) is 12.4 Å². The van der Waals surface area contributed by atoms with Gasteiger partial charge in [0, 0.05) is 31.0 Å². The Bertz CT molecular complexity index is 448. The van der Waals surface area contributed by atoms with E-state index >= 15 is 0 Å². The maximum Gasteiger partial charge on any atom is 0.221 e. The van der Waals surface area contributed by atoms with Crippen LogP contribution in [0, 0.1) is 5.92 Å². The molecule has 0 radical (unpaired) electrons. The molecule has 4 N–H and O–H groups in total. The third-order valence-electron chi connectivity index (χ3n) is 4.24. The van der Waals surface area contributed by atoms with E-state index in [1.165, 1.54) is 0 Å². The Morgan fingerprint density at radius 2 is 2.05 bits per heavy atom. The summed E-state index contributed by atoms with van der Waals surface area (Å²) in [5.74, 6) is -0.283. The molecule has 20 heavy (non-hydrogen) atoms. The van der Waals surface area contributed by atoms with Gasteiger partial charge in [-0.1, -0.05) is 0 Å². The fourth-order valence-corrected chi connectivity index (χ4v) is 3.11. The zero-order valence-corrected chi connectivity index (χ0v) is 12.2. The molecule has 0 saturated carbocycles. The minimum absolute atomic E-state index is 0.0218. The van der Waals surface area contributed by atoms with Crippen molar-refractivity contribution in [2.45, 2.75) is 44.8 Å². The van der Waals surface area contributed by atoms with E-state index in [9.17, 15) is 4.79 Å². The van der Waals surface area contributed by atoms with Crippen molar-refractivity contribution in [3.63, 3.8) is 0 Å². The van der Waals surface area contributed by atoms with Gasteiger partial charge in [-0.15, -0.1) is 0 Å². The van der Waals surface area contributed by atoms with Gasteiger partial charge in [-0.05, 0) is 44.4 Å². The van der Waals surface area contributed by atoms with Crippen LogP contribution in [0.2, 0.25) is 0 Å². The lowest BCUT2D eigenvalue weighted by molar-refractivity contribution is -0.124. The Balaban J connectivity index is 2.26. The average molecular weight is 276 g/mol. The number of carbonyl (C=O) groups excluding carboxylic acids is 1. The van der Waals surface area contributed by atoms with Crippen LogP contribution in [-0.4, -0.2) is 34.4 Å². The van der Waals surface area contributed by atoms with Gasteiger partial charge in [-0.3, -0.25) is 14.7 Å². The third kappa shape index (κ3) is 3.16. The third-order valence-corrected chi connectivity index (χ3v) is 4.24. The van der Waals surface area contributed by atoms with Crippen molar-refractivity contribution in [1.82, 2.24) is 9.88 Å². The lowest BCUT2D eigenvalue weighted by Crippen LogP contribution is -2.51. The van der Waals surface area contributed by atoms with Crippen LogP contribution in [0.3, 0.4) is 0 Å². The molecule has 110 valence electrons. The van der Waals surface area contributed by atoms with Crippen LogP contribution in [-0.2, 0) is 4.79 Å². The van der Waals surface area contributed by atoms with Gasteiger partial charge in [-0.25, -0.2) is 0 Å². The second-order valence-electron chi connectivity index (χ2n) is 5.81. The minimum Gasteiger partial charge on any atom is -0.369 e. The maximum absolute atomic E-state index is 11.5. The molecule has 0 spiro atoms. The number of rotatable bonds is 4. The first-order valence-corrected chi connectivity index (χ1v) is 7.21. The number of piperidine rings is 1. The smallest absolute Gasteiger partial charge is 0.221 e. The number of nitrogens with zero attached hydrogens (tertiary/aromatic N) is 2. The van der Waals surface area contributed by atoms with Crippen molar-refractivity contribution in [3.05, 3.63) is 30.1 Å². The van der Waals surface area contributed by atoms with E-state index in [1.807, 2.05) is 19.1 Å². The number of aromatic nitrogens is 1. The van der Waals surface area contributed by atoms with Crippen LogP contribution in [0.5, 0.6) is 0 Å². The fraction of sp³-hybridized carbons (Fsp3) is 0.600. The number of amides is 1. The number of pyridine rings is 1. The summed E-state index contributed by atoms with van der Waals surface area (Å²) in [5.41, 5.74) is 12.8. The average Bonchev–Trinajstić information content (AvgIpc) is 2.41. The van der Waals surface area contributed by atoms with Gasteiger partial charge in [0.1, 0.15) is 0 Å². The number of carbonyl (C=O) groups is 1. The number of primary amides is 1. The summed E-state index contributed by atoms with van der Waals surface area (Å²) in [4.78, 5) is 17.9. The molecule has 1 fully saturated rings. The van der Waals surface area contributed by atoms with E-state index in [-0.39, 0.29) is 23.9 Å². The van der Waals surface area contributed by atoms with Crippen LogP contribution >= 0.6 is 0 Å². The topological polar surface area (TPSA) is 85.2 Å². The molecule has 0 aromatic carbocycles. The zero-order chi connectivity index (χ0) is 14.7. The minimum atomic E-state index is -0.208. The summed E-state index contributed by atoms with van der Waals surface area (Å²) in [6.45, 7) is 4.88. The maximum atomic E-state index is 11.5. The highest BCUT2D eigenvalue weighted by atomic mass is 16.1. The first-order valence-electron chi connectivity index (χ1n) is 7.21. The molecule has 1 aromatic heterocycles. The molecule has 1 aromatic rings. The molecule has 1 aliphatic heterocycles. The predicted octanol–water partition coefficient (Wildman–Crippen LogP) is 1.06. The molecule has 2 heterocycles. The molecule has 0 aliphatic carbocycles. The van der Waals surface area contributed by atoms with Gasteiger partial charge in [0.15, 0.2) is 0 Å². The summed E-state index contributed by atoms with van der Waals surface area (Å²) in [5, 5.41) is 0. The number of likely N-dealkylation sites (tertiary alicyclic amines) is 1. The molecule has 2 rings (SSSR count). The first kappa shape index (κ1) is 14.9. The fourth-order valence-electron chi connectivity index (χ4n) is 3.11. The zero-order valence-electron chi connectivity index (χ0n) is 12.2. The number of nitrogens with two attached hydrogens (primary N) is 2. The second kappa shape index (κ2) is 6.33. The summed E-state index contributed by atoms with van der Waals surface area (Å²) in [7, 11) is 0. The van der Waals surface area contributed by atoms with Gasteiger partial charge in [0.05, 0.1) is 12.0 Å². The van der Waals surface area contributed by atoms with Crippen molar-refractivity contribution in [3.8, 4) is 0 Å². The Morgan fingerprint density at radius 3 is 2.60 bits per heavy atom. The highest BCUT2D eigenvalue weighted by molar-refractivity contribution is 5.77. The Kier molecular flexibility index (Phi) is 4.73. The molecular formula is C15H24N4O. The van der Waals surface area contributed by atoms with Crippen LogP contribution in [0.15, 0.2) is 24.5 Å². The van der Waals surface area contributed by atoms with Gasteiger partial charge in [0.2, 0.25) is 5.91 Å². The normalized spacial score (nSPS) is 26.9. The summed E-state index contributed by atoms with van der Waals surface area (Å²) >= 11 is 0. The predicted molar refractivity (Wildman–Crippen MR) is 78.7 cm³/mol. The van der Waals surface area contributed by atoms with Gasteiger partial charge in [-0.2, -0.15) is 0 Å². The Labute approximate surface area is 120 Å². The van der Waals surface area contributed by atoms with E-state index < -0.39 is 0 Å². The lowest BCUT2D eigenvalue weighted by Gasteiger charge is -2.43. The first-order chi connectivity index (χ1) is 9.50. The molecule has 1 saturated heterocycles. The molecule has 0 bridgehead atoms. The molecule has 4 atom stereocenters. The van der Waals surface area contributed by atoms with Gasteiger partial charge >= 0.3 is 0 Å². The number of hydrogen-bond acceptors (Lipinski definition) is 4. The van der Waals surface area contributed by atoms with Gasteiger partial charge in [0.25, 0.3) is 0 Å². The van der Waals surface area contributed by atoms with E-state index in [0.717, 1.165) is 18.4 Å². The highest BCUT2D eigenvalue weighted by Gasteiger charge is 2.35. The number of hydrogen-bond donors (Lipinski definition) is 2. The van der Waals surface area contributed by atoms with Gasteiger partial charge < -0.3 is 11.5 Å². The van der Waals surface area contributed by atoms with Crippen molar-refractivity contribution >= 4 is 5.91 Å². The molecule has 5 heteroatoms. The van der Waals surface area contributed by atoms with Crippen LogP contribution in [0.4, 0.5) is 0 Å². The quantitative estimate of drug-likeness (QED) is 0.861. The summed E-state index contributed by atoms with van der Waals surface area (Å²) in [6.07, 6.45) is 5.41. The largest absolute Gasteiger partial charge is 0.369 e. The standard InChI is InChI=1S/C15H24N4O/c1-10-3-4-13(15(17)20)9-19(10)14(11(2)16)12-5-7-18-8-6-12/h5-8,10-11,13-14H,3-4,9,16H2,1-2H3,(H2,17,20). The lowest BCUT2D eigenvalue weighted by atomic mass is 9.88. The van der Waals surface area contributed by atoms with E-state index in [4.69, 9.17) is 11.5 Å². The van der Waals surface area contributed by atoms with E-state index in [2.05, 4.69) is 16.8 Å². The van der Waals surface area contributed by atoms with Crippen LogP contribution in [0.1, 0.15) is 38.3 Å². The summed E-state index contributed by atoms with van der Waals surface area (Å²) in [6, 6.07) is 4.46. The molecule has 1 amide bonds. The van der Waals surface area contributed by atoms with E-state index in [0.29, 0.717) is 12.6 Å². The Hall–Kier alpha value is -1.46. The van der Waals surface area contributed by atoms with Crippen LogP contribution in [0.25, 0.3) is 0 Å². The van der Waals surface area contributed by atoms with Crippen molar-refractivity contribution in [1.29, 1.82) is 0 Å². The molecule has 5 nitrogen and oxygen atoms in total. The molecule has 4 unspecified atom stereocenters. The van der Waals surface area contributed by atoms with Crippen molar-refractivity contribution in [2.24, 2.45) is 17.4 Å². The monoisotopic (exact) mass is 276 g/mol. The van der Waals surface area contributed by atoms with Crippen molar-refractivity contribution in [2.75, 3.05) is 6.54 Å². The summed E-state index contributed by atoms with van der Waals surface area (Å²) < 4.78 is 0. The second-order valence-corrected chi connectivity index (χ2v) is 5.81. The Morgan fingerprint density at radius 1 is 1.40 bits per heavy atom. The highest BCUT2D eigenvalue weighted by Crippen LogP contribution is 2.32. The van der Waals surface area contributed by atoms with Crippen molar-refractivity contribution < 1.29 is 4.79 Å².